The molecule has 4 rings (SSSR count). The van der Waals surface area contributed by atoms with Crippen molar-refractivity contribution in [2.24, 2.45) is 5.92 Å². The highest BCUT2D eigenvalue weighted by Crippen LogP contribution is 2.30. The Morgan fingerprint density at radius 2 is 1.51 bits per heavy atom. The highest BCUT2D eigenvalue weighted by atomic mass is 32.2. The standard InChI is InChI=1S/C31H44N4O2S2/c1-38-24-32-21-29(36)33-28(23-39-22-25-11-5-2-6-12-25)31(37)35-19-17-34(18-20-35)30(26-13-7-3-8-14-26)27-15-9-4-10-16-27/h3-4,7-10,13-16,25,28,30,32H,2,5-6,11-12,17-24H2,1H3,(H,33,36). The first-order valence-electron chi connectivity index (χ1n) is 14.3. The molecular formula is C31H44N4O2S2. The Hall–Kier alpha value is -2.00. The Kier molecular flexibility index (Phi) is 12.5. The summed E-state index contributed by atoms with van der Waals surface area (Å²) in [5, 5.41) is 6.19. The fourth-order valence-corrected chi connectivity index (χ4v) is 7.27. The van der Waals surface area contributed by atoms with E-state index in [1.807, 2.05) is 22.9 Å². The number of benzene rings is 2. The third-order valence-electron chi connectivity index (χ3n) is 7.75. The lowest BCUT2D eigenvalue weighted by Crippen LogP contribution is -2.56. The number of nitrogens with zero attached hydrogens (tertiary/aromatic N) is 2. The van der Waals surface area contributed by atoms with Crippen LogP contribution in [0.4, 0.5) is 0 Å². The molecule has 2 amide bonds. The maximum atomic E-state index is 13.7. The molecule has 2 aliphatic rings. The van der Waals surface area contributed by atoms with Crippen molar-refractivity contribution in [3.63, 3.8) is 0 Å². The molecule has 6 nitrogen and oxygen atoms in total. The first-order valence-corrected chi connectivity index (χ1v) is 16.9. The van der Waals surface area contributed by atoms with Crippen LogP contribution in [0, 0.1) is 5.92 Å². The smallest absolute Gasteiger partial charge is 0.246 e. The monoisotopic (exact) mass is 568 g/mol. The number of hydrogen-bond donors (Lipinski definition) is 2. The highest BCUT2D eigenvalue weighted by Gasteiger charge is 2.32. The molecule has 0 bridgehead atoms. The second kappa shape index (κ2) is 16.3. The Labute approximate surface area is 243 Å². The molecule has 39 heavy (non-hydrogen) atoms. The Morgan fingerprint density at radius 3 is 2.10 bits per heavy atom. The van der Waals surface area contributed by atoms with E-state index in [2.05, 4.69) is 76.2 Å². The quantitative estimate of drug-likeness (QED) is 0.271. The van der Waals surface area contributed by atoms with Gasteiger partial charge in [-0.25, -0.2) is 0 Å². The number of carbonyl (C=O) groups excluding carboxylic acids is 2. The fourth-order valence-electron chi connectivity index (χ4n) is 5.70. The van der Waals surface area contributed by atoms with Crippen molar-refractivity contribution in [2.75, 3.05) is 56.4 Å². The summed E-state index contributed by atoms with van der Waals surface area (Å²) in [5.41, 5.74) is 2.54. The lowest BCUT2D eigenvalue weighted by atomic mass is 9.91. The largest absolute Gasteiger partial charge is 0.342 e. The van der Waals surface area contributed by atoms with E-state index in [0.717, 1.165) is 24.8 Å². The lowest BCUT2D eigenvalue weighted by molar-refractivity contribution is -0.137. The van der Waals surface area contributed by atoms with E-state index < -0.39 is 6.04 Å². The van der Waals surface area contributed by atoms with Crippen molar-refractivity contribution in [2.45, 2.75) is 44.2 Å². The normalized spacial score (nSPS) is 17.7. The van der Waals surface area contributed by atoms with Crippen molar-refractivity contribution in [1.82, 2.24) is 20.4 Å². The van der Waals surface area contributed by atoms with Crippen molar-refractivity contribution in [1.29, 1.82) is 0 Å². The zero-order valence-electron chi connectivity index (χ0n) is 23.2. The fraction of sp³-hybridized carbons (Fsp3) is 0.548. The van der Waals surface area contributed by atoms with Gasteiger partial charge in [-0.15, -0.1) is 11.8 Å². The summed E-state index contributed by atoms with van der Waals surface area (Å²) in [4.78, 5) is 30.8. The summed E-state index contributed by atoms with van der Waals surface area (Å²) in [6.45, 7) is 3.16. The average Bonchev–Trinajstić information content (AvgIpc) is 2.99. The molecule has 2 N–H and O–H groups in total. The molecule has 1 aliphatic heterocycles. The van der Waals surface area contributed by atoms with Gasteiger partial charge in [0.05, 0.1) is 12.6 Å². The van der Waals surface area contributed by atoms with E-state index in [0.29, 0.717) is 24.7 Å². The molecule has 1 saturated heterocycles. The van der Waals surface area contributed by atoms with E-state index in [9.17, 15) is 9.59 Å². The minimum Gasteiger partial charge on any atom is -0.342 e. The molecule has 212 valence electrons. The summed E-state index contributed by atoms with van der Waals surface area (Å²) >= 11 is 3.48. The van der Waals surface area contributed by atoms with Gasteiger partial charge in [0, 0.05) is 37.8 Å². The third-order valence-corrected chi connectivity index (χ3v) is 9.52. The van der Waals surface area contributed by atoms with Gasteiger partial charge >= 0.3 is 0 Å². The van der Waals surface area contributed by atoms with Crippen LogP contribution in [0.2, 0.25) is 0 Å². The predicted octanol–water partition coefficient (Wildman–Crippen LogP) is 4.63. The maximum absolute atomic E-state index is 13.7. The highest BCUT2D eigenvalue weighted by molar-refractivity contribution is 7.99. The van der Waals surface area contributed by atoms with Gasteiger partial charge in [-0.3, -0.25) is 19.8 Å². The van der Waals surface area contributed by atoms with Crippen LogP contribution in [0.3, 0.4) is 0 Å². The third kappa shape index (κ3) is 9.27. The van der Waals surface area contributed by atoms with E-state index in [-0.39, 0.29) is 24.4 Å². The Bertz CT molecular complexity index is 957. The van der Waals surface area contributed by atoms with Gasteiger partial charge in [0.15, 0.2) is 0 Å². The number of nitrogens with one attached hydrogen (secondary N) is 2. The minimum absolute atomic E-state index is 0.0555. The van der Waals surface area contributed by atoms with Gasteiger partial charge < -0.3 is 10.2 Å². The maximum Gasteiger partial charge on any atom is 0.246 e. The molecule has 0 aromatic heterocycles. The number of thioether (sulfide) groups is 2. The van der Waals surface area contributed by atoms with E-state index in [1.165, 1.54) is 43.2 Å². The summed E-state index contributed by atoms with van der Waals surface area (Å²) in [6.07, 6.45) is 8.58. The average molecular weight is 569 g/mol. The van der Waals surface area contributed by atoms with Crippen LogP contribution in [0.1, 0.15) is 49.3 Å². The molecule has 8 heteroatoms. The SMILES string of the molecule is CSCNCC(=O)NC(CSCC1CCCCC1)C(=O)N1CCN(C(c2ccccc2)c2ccccc2)CC1. The summed E-state index contributed by atoms with van der Waals surface area (Å²) in [7, 11) is 0. The number of piperazine rings is 1. The summed E-state index contributed by atoms with van der Waals surface area (Å²) < 4.78 is 0. The van der Waals surface area contributed by atoms with Crippen molar-refractivity contribution in [3.8, 4) is 0 Å². The number of amides is 2. The molecule has 2 aromatic carbocycles. The summed E-state index contributed by atoms with van der Waals surface area (Å²) in [5.74, 6) is 3.13. The zero-order chi connectivity index (χ0) is 27.3. The Balaban J connectivity index is 1.37. The molecule has 1 heterocycles. The van der Waals surface area contributed by atoms with Crippen molar-refractivity contribution >= 4 is 35.3 Å². The molecule has 2 fully saturated rings. The number of rotatable bonds is 13. The number of hydrogen-bond acceptors (Lipinski definition) is 6. The molecule has 0 spiro atoms. The van der Waals surface area contributed by atoms with Crippen LogP contribution in [0.25, 0.3) is 0 Å². The van der Waals surface area contributed by atoms with Crippen LogP contribution in [-0.2, 0) is 9.59 Å². The topological polar surface area (TPSA) is 64.7 Å². The van der Waals surface area contributed by atoms with Crippen molar-refractivity contribution < 1.29 is 9.59 Å². The van der Waals surface area contributed by atoms with E-state index in [1.54, 1.807) is 11.8 Å². The van der Waals surface area contributed by atoms with Gasteiger partial charge in [0.1, 0.15) is 6.04 Å². The van der Waals surface area contributed by atoms with Gasteiger partial charge in [0.2, 0.25) is 11.8 Å². The van der Waals surface area contributed by atoms with Gasteiger partial charge in [-0.2, -0.15) is 11.8 Å². The molecule has 1 aliphatic carbocycles. The molecule has 1 saturated carbocycles. The van der Waals surface area contributed by atoms with Crippen molar-refractivity contribution in [3.05, 3.63) is 71.8 Å². The lowest BCUT2D eigenvalue weighted by Gasteiger charge is -2.40. The molecular weight excluding hydrogens is 525 g/mol. The van der Waals surface area contributed by atoms with Crippen LogP contribution in [-0.4, -0.2) is 84.0 Å². The zero-order valence-corrected chi connectivity index (χ0v) is 24.9. The van der Waals surface area contributed by atoms with Crippen LogP contribution >= 0.6 is 23.5 Å². The van der Waals surface area contributed by atoms with E-state index in [4.69, 9.17) is 0 Å². The Morgan fingerprint density at radius 1 is 0.897 bits per heavy atom. The molecule has 1 atom stereocenters. The van der Waals surface area contributed by atoms with Crippen LogP contribution in [0.15, 0.2) is 60.7 Å². The second-order valence-corrected chi connectivity index (χ2v) is 12.5. The molecule has 1 unspecified atom stereocenters. The van der Waals surface area contributed by atoms with Gasteiger partial charge in [0.25, 0.3) is 0 Å². The summed E-state index contributed by atoms with van der Waals surface area (Å²) in [6, 6.07) is 20.9. The first-order chi connectivity index (χ1) is 19.2. The first kappa shape index (κ1) is 30.0. The molecule has 0 radical (unpaired) electrons. The molecule has 2 aromatic rings. The second-order valence-electron chi connectivity index (χ2n) is 10.6. The van der Waals surface area contributed by atoms with E-state index >= 15 is 0 Å². The number of carbonyl (C=O) groups is 2. The van der Waals surface area contributed by atoms with Crippen LogP contribution < -0.4 is 10.6 Å². The van der Waals surface area contributed by atoms with Gasteiger partial charge in [-0.05, 0) is 41.9 Å². The minimum atomic E-state index is -0.479. The van der Waals surface area contributed by atoms with Gasteiger partial charge in [-0.1, -0.05) is 79.9 Å². The predicted molar refractivity (Wildman–Crippen MR) is 165 cm³/mol. The van der Waals surface area contributed by atoms with Crippen LogP contribution in [0.5, 0.6) is 0 Å².